The summed E-state index contributed by atoms with van der Waals surface area (Å²) in [6.45, 7) is 8.13. The van der Waals surface area contributed by atoms with Crippen LogP contribution in [0.4, 0.5) is 0 Å². The minimum absolute atomic E-state index is 0.0988. The van der Waals surface area contributed by atoms with Gasteiger partial charge in [-0.2, -0.15) is 0 Å². The number of allylic oxidation sites excluding steroid dienone is 2. The fourth-order valence-corrected chi connectivity index (χ4v) is 5.03. The molecule has 0 radical (unpaired) electrons. The van der Waals surface area contributed by atoms with Gasteiger partial charge in [-0.25, -0.2) is 4.79 Å². The molecule has 0 aliphatic carbocycles. The van der Waals surface area contributed by atoms with Crippen molar-refractivity contribution >= 4 is 13.6 Å². The maximum atomic E-state index is 12.6. The molecule has 28 heavy (non-hydrogen) atoms. The van der Waals surface area contributed by atoms with Crippen molar-refractivity contribution in [2.75, 3.05) is 26.5 Å². The van der Waals surface area contributed by atoms with Gasteiger partial charge in [-0.1, -0.05) is 11.6 Å². The molecule has 7 nitrogen and oxygen atoms in total. The molecule has 0 fully saturated rings. The average Bonchev–Trinajstić information content (AvgIpc) is 3.04. The number of esters is 1. The summed E-state index contributed by atoms with van der Waals surface area (Å²) in [5, 5.41) is 10.6. The summed E-state index contributed by atoms with van der Waals surface area (Å²) >= 11 is 0. The highest BCUT2D eigenvalue weighted by molar-refractivity contribution is 7.53. The topological polar surface area (TPSA) is 91.3 Å². The van der Waals surface area contributed by atoms with Crippen LogP contribution >= 0.6 is 7.60 Å². The lowest BCUT2D eigenvalue weighted by atomic mass is 9.95. The molecule has 0 amide bonds. The minimum Gasteiger partial charge on any atom is -0.507 e. The van der Waals surface area contributed by atoms with E-state index in [-0.39, 0.29) is 24.1 Å². The summed E-state index contributed by atoms with van der Waals surface area (Å²) in [5.41, 5.74) is 3.19. The van der Waals surface area contributed by atoms with Gasteiger partial charge in [0.25, 0.3) is 0 Å². The van der Waals surface area contributed by atoms with E-state index in [4.69, 9.17) is 18.5 Å². The number of benzene rings is 1. The molecule has 0 aromatic heterocycles. The third kappa shape index (κ3) is 4.77. The van der Waals surface area contributed by atoms with Crippen LogP contribution in [0.1, 0.15) is 54.2 Å². The zero-order valence-corrected chi connectivity index (χ0v) is 18.1. The number of carbonyl (C=O) groups excluding carboxylic acids is 1. The zero-order valence-electron chi connectivity index (χ0n) is 17.2. The largest absolute Gasteiger partial charge is 0.507 e. The van der Waals surface area contributed by atoms with Crippen molar-refractivity contribution in [2.45, 2.75) is 47.1 Å². The monoisotopic (exact) mass is 412 g/mol. The Labute approximate surface area is 166 Å². The van der Waals surface area contributed by atoms with Crippen molar-refractivity contribution in [1.29, 1.82) is 0 Å². The number of aromatic hydroxyl groups is 1. The quantitative estimate of drug-likeness (QED) is 0.343. The Balaban J connectivity index is 2.21. The van der Waals surface area contributed by atoms with E-state index in [2.05, 4.69) is 0 Å². The molecule has 0 atom stereocenters. The Morgan fingerprint density at radius 3 is 2.50 bits per heavy atom. The number of cyclic esters (lactones) is 1. The van der Waals surface area contributed by atoms with Crippen LogP contribution in [0.15, 0.2) is 11.6 Å². The minimum atomic E-state index is -3.10. The number of hydrogen-bond donors (Lipinski definition) is 1. The normalized spacial score (nSPS) is 14.2. The number of ether oxygens (including phenoxy) is 2. The first-order valence-corrected chi connectivity index (χ1v) is 11.1. The molecule has 0 bridgehead atoms. The third-order valence-electron chi connectivity index (χ3n) is 4.73. The zero-order chi connectivity index (χ0) is 20.9. The first kappa shape index (κ1) is 22.5. The van der Waals surface area contributed by atoms with Gasteiger partial charge in [-0.05, 0) is 46.1 Å². The van der Waals surface area contributed by atoms with Gasteiger partial charge in [0, 0.05) is 11.1 Å². The van der Waals surface area contributed by atoms with Crippen molar-refractivity contribution < 1.29 is 33.0 Å². The van der Waals surface area contributed by atoms with Crippen molar-refractivity contribution in [3.8, 4) is 11.5 Å². The Bertz CT molecular complexity index is 804. The van der Waals surface area contributed by atoms with Crippen molar-refractivity contribution in [1.82, 2.24) is 0 Å². The van der Waals surface area contributed by atoms with E-state index in [0.29, 0.717) is 42.9 Å². The van der Waals surface area contributed by atoms with E-state index in [0.717, 1.165) is 11.1 Å². The van der Waals surface area contributed by atoms with Gasteiger partial charge in [-0.15, -0.1) is 0 Å². The molecular formula is C20H29O7P. The van der Waals surface area contributed by atoms with Gasteiger partial charge in [0.05, 0.1) is 26.5 Å². The second kappa shape index (κ2) is 9.59. The molecular weight excluding hydrogens is 383 g/mol. The van der Waals surface area contributed by atoms with E-state index >= 15 is 0 Å². The lowest BCUT2D eigenvalue weighted by molar-refractivity contribution is 0.0533. The van der Waals surface area contributed by atoms with Crippen LogP contribution in [0, 0.1) is 6.92 Å². The molecule has 1 heterocycles. The second-order valence-electron chi connectivity index (χ2n) is 6.59. The van der Waals surface area contributed by atoms with Gasteiger partial charge >= 0.3 is 13.6 Å². The number of fused-ring (bicyclic) bond motifs is 1. The predicted octanol–water partition coefficient (Wildman–Crippen LogP) is 4.52. The molecule has 1 aliphatic rings. The Morgan fingerprint density at radius 1 is 1.29 bits per heavy atom. The lowest BCUT2D eigenvalue weighted by Gasteiger charge is -2.17. The fourth-order valence-electron chi connectivity index (χ4n) is 3.28. The lowest BCUT2D eigenvalue weighted by Crippen LogP contribution is -2.03. The molecule has 1 aliphatic heterocycles. The van der Waals surface area contributed by atoms with E-state index in [9.17, 15) is 14.5 Å². The highest BCUT2D eigenvalue weighted by atomic mass is 31.2. The third-order valence-corrected chi connectivity index (χ3v) is 6.81. The van der Waals surface area contributed by atoms with E-state index in [1.807, 2.05) is 19.9 Å². The summed E-state index contributed by atoms with van der Waals surface area (Å²) in [5.74, 6) is -0.0687. The number of hydrogen-bond acceptors (Lipinski definition) is 7. The van der Waals surface area contributed by atoms with Gasteiger partial charge in [0.15, 0.2) is 0 Å². The maximum Gasteiger partial charge on any atom is 0.342 e. The Hall–Kier alpha value is -1.82. The van der Waals surface area contributed by atoms with E-state index in [1.165, 1.54) is 7.11 Å². The highest BCUT2D eigenvalue weighted by Gasteiger charge is 2.32. The molecule has 0 unspecified atom stereocenters. The Morgan fingerprint density at radius 2 is 1.93 bits per heavy atom. The van der Waals surface area contributed by atoms with Crippen LogP contribution in [0.2, 0.25) is 0 Å². The number of methoxy groups -OCH3 is 1. The van der Waals surface area contributed by atoms with Crippen LogP contribution in [0.25, 0.3) is 0 Å². The molecule has 0 saturated carbocycles. The Kier molecular flexibility index (Phi) is 7.70. The molecule has 2 rings (SSSR count). The molecule has 156 valence electrons. The molecule has 8 heteroatoms. The van der Waals surface area contributed by atoms with Crippen molar-refractivity contribution in [3.05, 3.63) is 33.9 Å². The van der Waals surface area contributed by atoms with Gasteiger partial charge in [0.1, 0.15) is 23.7 Å². The molecule has 0 saturated heterocycles. The first-order valence-electron chi connectivity index (χ1n) is 9.40. The van der Waals surface area contributed by atoms with Crippen LogP contribution in [-0.4, -0.2) is 37.6 Å². The first-order chi connectivity index (χ1) is 13.3. The van der Waals surface area contributed by atoms with E-state index < -0.39 is 13.6 Å². The summed E-state index contributed by atoms with van der Waals surface area (Å²) in [4.78, 5) is 12.0. The van der Waals surface area contributed by atoms with Gasteiger partial charge < -0.3 is 23.6 Å². The molecule has 1 N–H and O–H groups in total. The fraction of sp³-hybridized carbons (Fsp3) is 0.550. The number of phenols is 1. The van der Waals surface area contributed by atoms with Crippen LogP contribution < -0.4 is 4.74 Å². The number of rotatable bonds is 10. The smallest absolute Gasteiger partial charge is 0.342 e. The predicted molar refractivity (Wildman–Crippen MR) is 106 cm³/mol. The molecule has 1 aromatic carbocycles. The van der Waals surface area contributed by atoms with Gasteiger partial charge in [0.2, 0.25) is 0 Å². The molecule has 0 spiro atoms. The number of carbonyl (C=O) groups is 1. The second-order valence-corrected chi connectivity index (χ2v) is 8.78. The standard InChI is InChI=1S/C20H29O7P/c1-6-26-28(23,27-7-2)11-10-13(3)8-9-15-18(21)17-16(12-25-20(17)22)14(4)19(15)24-5/h8,21H,6-7,9-12H2,1-5H3/b13-8+. The van der Waals surface area contributed by atoms with Crippen molar-refractivity contribution in [3.63, 3.8) is 0 Å². The van der Waals surface area contributed by atoms with Crippen LogP contribution in [0.5, 0.6) is 11.5 Å². The van der Waals surface area contributed by atoms with Crippen molar-refractivity contribution in [2.24, 2.45) is 0 Å². The van der Waals surface area contributed by atoms with Gasteiger partial charge in [-0.3, -0.25) is 4.57 Å². The SMILES string of the molecule is CCOP(=O)(CC/C(C)=C/Cc1c(O)c2c(c(C)c1OC)COC2=O)OCC. The summed E-state index contributed by atoms with van der Waals surface area (Å²) in [7, 11) is -1.56. The maximum absolute atomic E-state index is 12.6. The van der Waals surface area contributed by atoms with E-state index in [1.54, 1.807) is 13.8 Å². The number of phenolic OH excluding ortho intramolecular Hbond substituents is 1. The highest BCUT2D eigenvalue weighted by Crippen LogP contribution is 2.49. The van der Waals surface area contributed by atoms with Crippen LogP contribution in [0.3, 0.4) is 0 Å². The summed E-state index contributed by atoms with van der Waals surface area (Å²) < 4.78 is 33.7. The van der Waals surface area contributed by atoms with Crippen LogP contribution in [-0.2, 0) is 31.4 Å². The summed E-state index contributed by atoms with van der Waals surface area (Å²) in [6.07, 6.45) is 3.11. The average molecular weight is 412 g/mol. The summed E-state index contributed by atoms with van der Waals surface area (Å²) in [6, 6.07) is 0. The molecule has 1 aromatic rings.